The van der Waals surface area contributed by atoms with Crippen LogP contribution in [0.4, 0.5) is 4.79 Å². The molecule has 2 aromatic rings. The second kappa shape index (κ2) is 11.9. The van der Waals surface area contributed by atoms with Crippen LogP contribution >= 0.6 is 79.5 Å². The first-order valence-corrected chi connectivity index (χ1v) is 14.3. The summed E-state index contributed by atoms with van der Waals surface area (Å²) < 4.78 is 14.3. The highest BCUT2D eigenvalue weighted by Gasteiger charge is 2.37. The van der Waals surface area contributed by atoms with Crippen LogP contribution < -0.4 is 4.74 Å². The molecule has 34 heavy (non-hydrogen) atoms. The van der Waals surface area contributed by atoms with Gasteiger partial charge in [-0.3, -0.25) is 19.3 Å². The molecule has 0 unspecified atom stereocenters. The second-order valence-electron chi connectivity index (χ2n) is 7.49. The van der Waals surface area contributed by atoms with E-state index in [0.717, 1.165) is 40.7 Å². The molecule has 0 radical (unpaired) electrons. The first kappa shape index (κ1) is 26.2. The van der Waals surface area contributed by atoms with Gasteiger partial charge in [-0.25, -0.2) is 0 Å². The Hall–Kier alpha value is -0.910. The van der Waals surface area contributed by atoms with Crippen molar-refractivity contribution in [2.75, 3.05) is 32.8 Å². The molecule has 7 nitrogen and oxygen atoms in total. The molecule has 0 bridgehead atoms. The Morgan fingerprint density at radius 2 is 1.71 bits per heavy atom. The molecule has 3 amide bonds. The van der Waals surface area contributed by atoms with Crippen molar-refractivity contribution in [2.45, 2.75) is 6.61 Å². The molecule has 178 valence electrons. The summed E-state index contributed by atoms with van der Waals surface area (Å²) in [5.74, 6) is 0.0901. The molecule has 4 rings (SSSR count). The maximum absolute atomic E-state index is 12.9. The van der Waals surface area contributed by atoms with Crippen molar-refractivity contribution in [1.82, 2.24) is 9.80 Å². The number of carbonyl (C=O) groups excluding carboxylic acids is 3. The number of benzene rings is 2. The van der Waals surface area contributed by atoms with Gasteiger partial charge in [0.1, 0.15) is 18.9 Å². The summed E-state index contributed by atoms with van der Waals surface area (Å²) in [6.07, 6.45) is 1.69. The van der Waals surface area contributed by atoms with Crippen LogP contribution in [0.2, 0.25) is 0 Å². The van der Waals surface area contributed by atoms with Gasteiger partial charge in [0.25, 0.3) is 11.1 Å². The molecule has 11 heteroatoms. The third-order valence-electron chi connectivity index (χ3n) is 5.15. The number of hydrogen-bond donors (Lipinski definition) is 0. The maximum Gasteiger partial charge on any atom is 0.294 e. The van der Waals surface area contributed by atoms with Gasteiger partial charge >= 0.3 is 0 Å². The summed E-state index contributed by atoms with van der Waals surface area (Å²) in [6, 6.07) is 12.0. The Bertz CT molecular complexity index is 1130. The molecule has 2 aliphatic heterocycles. The highest BCUT2D eigenvalue weighted by molar-refractivity contribution is 14.1. The summed E-state index contributed by atoms with van der Waals surface area (Å²) in [6.45, 7) is 2.09. The number of ether oxygens (including phenoxy) is 2. The number of halogens is 3. The SMILES string of the molecule is O=C(CN1C(=O)S/C(=C/c2cc(I)c(OCc3ccc(I)cc3)c(I)c2)C1=O)N1CCOCC1. The number of hydrogen-bond acceptors (Lipinski definition) is 6. The number of thioether (sulfide) groups is 1. The molecule has 2 heterocycles. The number of nitrogens with zero attached hydrogens (tertiary/aromatic N) is 2. The number of imide groups is 1. The fourth-order valence-electron chi connectivity index (χ4n) is 3.37. The average Bonchev–Trinajstić information content (AvgIpc) is 3.07. The smallest absolute Gasteiger partial charge is 0.294 e. The molecule has 2 aromatic carbocycles. The van der Waals surface area contributed by atoms with Crippen LogP contribution in [0.5, 0.6) is 5.75 Å². The lowest BCUT2D eigenvalue weighted by atomic mass is 10.2. The summed E-state index contributed by atoms with van der Waals surface area (Å²) in [4.78, 5) is 40.7. The maximum atomic E-state index is 12.9. The number of carbonyl (C=O) groups is 3. The first-order chi connectivity index (χ1) is 16.3. The van der Waals surface area contributed by atoms with Gasteiger partial charge in [-0.05, 0) is 121 Å². The van der Waals surface area contributed by atoms with E-state index in [4.69, 9.17) is 9.47 Å². The van der Waals surface area contributed by atoms with E-state index >= 15 is 0 Å². The van der Waals surface area contributed by atoms with Gasteiger partial charge in [0.2, 0.25) is 5.91 Å². The lowest BCUT2D eigenvalue weighted by molar-refractivity contribution is -0.139. The zero-order valence-electron chi connectivity index (χ0n) is 17.8. The molecule has 0 aromatic heterocycles. The van der Waals surface area contributed by atoms with E-state index in [-0.39, 0.29) is 12.5 Å². The first-order valence-electron chi connectivity index (χ1n) is 10.3. The standard InChI is InChI=1S/C23H19I3N2O5S/c24-16-3-1-14(2-4-16)13-33-21-17(25)9-15(10-18(21)26)11-19-22(30)28(23(31)34-19)12-20(29)27-5-7-32-8-6-27/h1-4,9-11H,5-8,12-13H2/b19-11+. The van der Waals surface area contributed by atoms with Gasteiger partial charge in [-0.2, -0.15) is 0 Å². The summed E-state index contributed by atoms with van der Waals surface area (Å²) in [5.41, 5.74) is 1.87. The van der Waals surface area contributed by atoms with E-state index in [2.05, 4.69) is 67.8 Å². The molecule has 2 fully saturated rings. The predicted octanol–water partition coefficient (Wildman–Crippen LogP) is 4.97. The van der Waals surface area contributed by atoms with Crippen LogP contribution in [-0.2, 0) is 20.9 Å². The predicted molar refractivity (Wildman–Crippen MR) is 155 cm³/mol. The van der Waals surface area contributed by atoms with Gasteiger partial charge in [-0.1, -0.05) is 12.1 Å². The number of morpholine rings is 1. The van der Waals surface area contributed by atoms with Gasteiger partial charge in [0.15, 0.2) is 0 Å². The Kier molecular flexibility index (Phi) is 9.14. The third kappa shape index (κ3) is 6.44. The molecule has 0 saturated carbocycles. The zero-order valence-corrected chi connectivity index (χ0v) is 25.1. The molecular weight excluding hydrogens is 797 g/mol. The average molecular weight is 816 g/mol. The van der Waals surface area contributed by atoms with Gasteiger partial charge in [-0.15, -0.1) is 0 Å². The van der Waals surface area contributed by atoms with Crippen molar-refractivity contribution >= 4 is 103 Å². The Labute approximate surface area is 242 Å². The van der Waals surface area contributed by atoms with Crippen LogP contribution in [-0.4, -0.2) is 59.7 Å². The lowest BCUT2D eigenvalue weighted by Crippen LogP contribution is -2.46. The highest BCUT2D eigenvalue weighted by atomic mass is 127. The highest BCUT2D eigenvalue weighted by Crippen LogP contribution is 2.35. The fourth-order valence-corrected chi connectivity index (χ4v) is 6.70. The number of amides is 3. The van der Waals surface area contributed by atoms with Crippen LogP contribution in [0.25, 0.3) is 6.08 Å². The molecule has 0 aliphatic carbocycles. The Balaban J connectivity index is 1.44. The topological polar surface area (TPSA) is 76.2 Å². The van der Waals surface area contributed by atoms with Gasteiger partial charge < -0.3 is 14.4 Å². The minimum Gasteiger partial charge on any atom is -0.487 e. The molecule has 2 aliphatic rings. The monoisotopic (exact) mass is 816 g/mol. The quantitative estimate of drug-likeness (QED) is 0.303. The van der Waals surface area contributed by atoms with Gasteiger partial charge in [0, 0.05) is 16.7 Å². The second-order valence-corrected chi connectivity index (χ2v) is 12.1. The molecular formula is C23H19I3N2O5S. The minimum absolute atomic E-state index is 0.245. The van der Waals surface area contributed by atoms with E-state index < -0.39 is 11.1 Å². The van der Waals surface area contributed by atoms with Crippen LogP contribution in [0.3, 0.4) is 0 Å². The Morgan fingerprint density at radius 3 is 2.35 bits per heavy atom. The molecule has 0 atom stereocenters. The van der Waals surface area contributed by atoms with Crippen molar-refractivity contribution in [1.29, 1.82) is 0 Å². The molecule has 0 spiro atoms. The van der Waals surface area contributed by atoms with E-state index in [9.17, 15) is 14.4 Å². The van der Waals surface area contributed by atoms with Crippen LogP contribution in [0.1, 0.15) is 11.1 Å². The summed E-state index contributed by atoms with van der Waals surface area (Å²) in [5, 5.41) is -0.431. The zero-order chi connectivity index (χ0) is 24.2. The largest absolute Gasteiger partial charge is 0.487 e. The van der Waals surface area contributed by atoms with Crippen molar-refractivity contribution in [3.05, 3.63) is 63.1 Å². The van der Waals surface area contributed by atoms with Crippen molar-refractivity contribution in [3.63, 3.8) is 0 Å². The molecule has 0 N–H and O–H groups in total. The van der Waals surface area contributed by atoms with Crippen molar-refractivity contribution in [3.8, 4) is 5.75 Å². The summed E-state index contributed by atoms with van der Waals surface area (Å²) in [7, 11) is 0. The fraction of sp³-hybridized carbons (Fsp3) is 0.261. The van der Waals surface area contributed by atoms with Gasteiger partial charge in [0.05, 0.1) is 25.3 Å². The molecule has 2 saturated heterocycles. The van der Waals surface area contributed by atoms with Crippen LogP contribution in [0, 0.1) is 10.7 Å². The Morgan fingerprint density at radius 1 is 1.06 bits per heavy atom. The number of rotatable bonds is 6. The lowest BCUT2D eigenvalue weighted by Gasteiger charge is -2.28. The van der Waals surface area contributed by atoms with Crippen molar-refractivity contribution in [2.24, 2.45) is 0 Å². The minimum atomic E-state index is -0.444. The van der Waals surface area contributed by atoms with Crippen LogP contribution in [0.15, 0.2) is 41.3 Å². The van der Waals surface area contributed by atoms with E-state index in [1.807, 2.05) is 36.4 Å². The van der Waals surface area contributed by atoms with E-state index in [1.54, 1.807) is 11.0 Å². The van der Waals surface area contributed by atoms with Crippen molar-refractivity contribution < 1.29 is 23.9 Å². The normalized spacial score (nSPS) is 17.6. The van der Waals surface area contributed by atoms with E-state index in [0.29, 0.717) is 37.8 Å². The summed E-state index contributed by atoms with van der Waals surface area (Å²) >= 11 is 7.55. The third-order valence-corrected chi connectivity index (χ3v) is 8.37. The van der Waals surface area contributed by atoms with E-state index in [1.165, 1.54) is 3.57 Å².